The van der Waals surface area contributed by atoms with Crippen molar-refractivity contribution in [3.8, 4) is 0 Å². The van der Waals surface area contributed by atoms with Crippen LogP contribution < -0.4 is 0 Å². The second kappa shape index (κ2) is 9.33. The van der Waals surface area contributed by atoms with E-state index < -0.39 is 24.1 Å². The Bertz CT molecular complexity index is 938. The Labute approximate surface area is 208 Å². The first-order valence-electron chi connectivity index (χ1n) is 12.9. The topological polar surface area (TPSA) is 40.5 Å². The fourth-order valence-electron chi connectivity index (χ4n) is 7.35. The second-order valence-electron chi connectivity index (χ2n) is 11.6. The first-order chi connectivity index (χ1) is 16.6. The van der Waals surface area contributed by atoms with Crippen LogP contribution in [0.3, 0.4) is 0 Å². The molecule has 0 bridgehead atoms. The molecule has 0 aromatic carbocycles. The number of hydrogen-bond acceptors (Lipinski definition) is 2. The van der Waals surface area contributed by atoms with Gasteiger partial charge < -0.3 is 10.2 Å². The van der Waals surface area contributed by atoms with Crippen molar-refractivity contribution in [3.05, 3.63) is 47.6 Å². The highest BCUT2D eigenvalue weighted by Crippen LogP contribution is 2.69. The SMILES string of the molecule is C=C1C(=CC=C2CCC[C@@]3(C)C2CC[C@@H]3C2(CC=CC(O)(C(F)(F)F)C(F)(F)F)CC2)CCC[C@@H]1O. The van der Waals surface area contributed by atoms with Gasteiger partial charge in [0.1, 0.15) is 0 Å². The van der Waals surface area contributed by atoms with Crippen LogP contribution in [-0.2, 0) is 0 Å². The molecule has 4 aliphatic carbocycles. The van der Waals surface area contributed by atoms with E-state index in [4.69, 9.17) is 0 Å². The van der Waals surface area contributed by atoms with Crippen LogP contribution in [0.5, 0.6) is 0 Å². The molecule has 1 unspecified atom stereocenters. The zero-order valence-corrected chi connectivity index (χ0v) is 20.7. The van der Waals surface area contributed by atoms with Crippen LogP contribution in [0.4, 0.5) is 26.3 Å². The Morgan fingerprint density at radius 3 is 2.22 bits per heavy atom. The largest absolute Gasteiger partial charge is 0.429 e. The van der Waals surface area contributed by atoms with E-state index in [2.05, 4.69) is 25.7 Å². The van der Waals surface area contributed by atoms with E-state index in [9.17, 15) is 36.6 Å². The molecule has 4 rings (SSSR count). The van der Waals surface area contributed by atoms with Crippen molar-refractivity contribution in [2.45, 2.75) is 102 Å². The van der Waals surface area contributed by atoms with E-state index in [1.165, 1.54) is 5.57 Å². The highest BCUT2D eigenvalue weighted by atomic mass is 19.4. The van der Waals surface area contributed by atoms with E-state index in [0.29, 0.717) is 5.92 Å². The van der Waals surface area contributed by atoms with Gasteiger partial charge in [0.15, 0.2) is 0 Å². The monoisotopic (exact) mass is 518 g/mol. The summed E-state index contributed by atoms with van der Waals surface area (Å²) in [6, 6.07) is 0. The molecule has 8 heteroatoms. The molecule has 0 spiro atoms. The van der Waals surface area contributed by atoms with Gasteiger partial charge in [0.25, 0.3) is 5.60 Å². The molecule has 4 aliphatic rings. The summed E-state index contributed by atoms with van der Waals surface area (Å²) >= 11 is 0. The quantitative estimate of drug-likeness (QED) is 0.289. The van der Waals surface area contributed by atoms with Crippen molar-refractivity contribution in [1.29, 1.82) is 0 Å². The molecule has 0 aromatic heterocycles. The molecular formula is C28H36F6O2. The van der Waals surface area contributed by atoms with Gasteiger partial charge in [0.05, 0.1) is 6.10 Å². The fourth-order valence-corrected chi connectivity index (χ4v) is 7.35. The average molecular weight is 519 g/mol. The molecule has 0 saturated heterocycles. The first kappa shape index (κ1) is 27.5. The molecule has 2 N–H and O–H groups in total. The Kier molecular flexibility index (Phi) is 7.13. The summed E-state index contributed by atoms with van der Waals surface area (Å²) in [6.45, 7) is 6.28. The second-order valence-corrected chi connectivity index (χ2v) is 11.6. The molecule has 202 valence electrons. The summed E-state index contributed by atoms with van der Waals surface area (Å²) in [6.07, 6.45) is 1.95. The van der Waals surface area contributed by atoms with Crippen molar-refractivity contribution in [2.24, 2.45) is 22.7 Å². The number of alkyl halides is 6. The van der Waals surface area contributed by atoms with E-state index in [-0.39, 0.29) is 29.2 Å². The van der Waals surface area contributed by atoms with Gasteiger partial charge in [-0.3, -0.25) is 0 Å². The molecular weight excluding hydrogens is 482 g/mol. The highest BCUT2D eigenvalue weighted by molar-refractivity contribution is 5.38. The van der Waals surface area contributed by atoms with Crippen molar-refractivity contribution in [1.82, 2.24) is 0 Å². The van der Waals surface area contributed by atoms with Gasteiger partial charge in [0.2, 0.25) is 0 Å². The molecule has 4 fully saturated rings. The lowest BCUT2D eigenvalue weighted by Crippen LogP contribution is -2.55. The van der Waals surface area contributed by atoms with E-state index >= 15 is 0 Å². The summed E-state index contributed by atoms with van der Waals surface area (Å²) < 4.78 is 78.4. The van der Waals surface area contributed by atoms with Crippen molar-refractivity contribution in [2.75, 3.05) is 0 Å². The predicted octanol–water partition coefficient (Wildman–Crippen LogP) is 7.74. The molecule has 36 heavy (non-hydrogen) atoms. The van der Waals surface area contributed by atoms with Gasteiger partial charge >= 0.3 is 12.4 Å². The number of allylic oxidation sites excluding steroid dienone is 4. The van der Waals surface area contributed by atoms with Crippen LogP contribution in [0.2, 0.25) is 0 Å². The predicted molar refractivity (Wildman–Crippen MR) is 126 cm³/mol. The molecule has 0 heterocycles. The lowest BCUT2D eigenvalue weighted by molar-refractivity contribution is -0.347. The third-order valence-corrected chi connectivity index (χ3v) is 9.58. The average Bonchev–Trinajstić information content (AvgIpc) is 3.46. The van der Waals surface area contributed by atoms with Crippen molar-refractivity contribution < 1.29 is 36.6 Å². The molecule has 0 aliphatic heterocycles. The molecule has 2 nitrogen and oxygen atoms in total. The number of halogens is 6. The third-order valence-electron chi connectivity index (χ3n) is 9.58. The van der Waals surface area contributed by atoms with Crippen LogP contribution in [0.1, 0.15) is 77.6 Å². The minimum absolute atomic E-state index is 0.0552. The maximum absolute atomic E-state index is 13.1. The maximum atomic E-state index is 13.1. The van der Waals surface area contributed by atoms with Gasteiger partial charge in [-0.2, -0.15) is 26.3 Å². The van der Waals surface area contributed by atoms with Crippen molar-refractivity contribution >= 4 is 0 Å². The Hall–Kier alpha value is -1.54. The molecule has 4 saturated carbocycles. The van der Waals surface area contributed by atoms with E-state index in [0.717, 1.165) is 81.4 Å². The molecule has 0 aromatic rings. The number of aliphatic hydroxyl groups is 2. The van der Waals surface area contributed by atoms with Crippen LogP contribution in [-0.4, -0.2) is 34.3 Å². The summed E-state index contributed by atoms with van der Waals surface area (Å²) in [5, 5.41) is 19.6. The number of rotatable bonds is 5. The normalized spacial score (nSPS) is 35.6. The van der Waals surface area contributed by atoms with Gasteiger partial charge in [-0.15, -0.1) is 0 Å². The Morgan fingerprint density at radius 2 is 1.61 bits per heavy atom. The molecule has 4 atom stereocenters. The first-order valence-corrected chi connectivity index (χ1v) is 12.9. The minimum atomic E-state index is -5.83. The molecule has 0 radical (unpaired) electrons. The number of hydrogen-bond donors (Lipinski definition) is 2. The number of aliphatic hydroxyl groups excluding tert-OH is 1. The zero-order valence-electron chi connectivity index (χ0n) is 20.7. The van der Waals surface area contributed by atoms with E-state index in [1.807, 2.05) is 0 Å². The van der Waals surface area contributed by atoms with Gasteiger partial charge in [0, 0.05) is 0 Å². The van der Waals surface area contributed by atoms with Crippen molar-refractivity contribution in [3.63, 3.8) is 0 Å². The van der Waals surface area contributed by atoms with Crippen LogP contribution in [0, 0.1) is 22.7 Å². The zero-order chi connectivity index (χ0) is 26.6. The summed E-state index contributed by atoms with van der Waals surface area (Å²) in [4.78, 5) is 0. The van der Waals surface area contributed by atoms with Gasteiger partial charge in [-0.1, -0.05) is 37.3 Å². The van der Waals surface area contributed by atoms with Gasteiger partial charge in [-0.05, 0) is 111 Å². The fraction of sp³-hybridized carbons (Fsp3) is 0.714. The Balaban J connectivity index is 1.52. The highest BCUT2D eigenvalue weighted by Gasteiger charge is 2.69. The van der Waals surface area contributed by atoms with Gasteiger partial charge in [-0.25, -0.2) is 0 Å². The smallest absolute Gasteiger partial charge is 0.388 e. The standard InChI is InChI=1S/C28H36F6O2/c1-18-19(6-3-8-22(18)35)9-10-20-7-4-13-24(2)21(20)11-12-23(24)25(16-17-25)14-5-15-26(36,27(29,30)31)28(32,33)34/h5,9-10,15,21-23,35-36H,1,3-4,6-8,11-14,16-17H2,2H3/t21?,22-,23-,24-/m0/s1. The number of fused-ring (bicyclic) bond motifs is 1. The Morgan fingerprint density at radius 1 is 0.944 bits per heavy atom. The van der Waals surface area contributed by atoms with Crippen LogP contribution in [0.15, 0.2) is 47.6 Å². The maximum Gasteiger partial charge on any atom is 0.429 e. The third kappa shape index (κ3) is 4.72. The summed E-state index contributed by atoms with van der Waals surface area (Å²) in [5.74, 6) is 0.547. The summed E-state index contributed by atoms with van der Waals surface area (Å²) in [7, 11) is 0. The lowest BCUT2D eigenvalue weighted by Gasteiger charge is -2.45. The van der Waals surface area contributed by atoms with Crippen LogP contribution in [0.25, 0.3) is 0 Å². The van der Waals surface area contributed by atoms with Crippen LogP contribution >= 0.6 is 0 Å². The lowest BCUT2D eigenvalue weighted by atomic mass is 9.59. The molecule has 0 amide bonds. The summed E-state index contributed by atoms with van der Waals surface area (Å²) in [5.41, 5.74) is -1.98. The van der Waals surface area contributed by atoms with E-state index in [1.54, 1.807) is 0 Å². The minimum Gasteiger partial charge on any atom is -0.388 e.